The Morgan fingerprint density at radius 1 is 0.833 bits per heavy atom. The van der Waals surface area contributed by atoms with Crippen LogP contribution in [0, 0.1) is 11.6 Å². The molecule has 0 saturated heterocycles. The number of nitrogens with one attached hydrogen (secondary N) is 5. The van der Waals surface area contributed by atoms with E-state index in [2.05, 4.69) is 36.6 Å². The van der Waals surface area contributed by atoms with E-state index >= 15 is 0 Å². The van der Waals surface area contributed by atoms with E-state index in [9.17, 15) is 18.4 Å². The zero-order valence-electron chi connectivity index (χ0n) is 23.2. The highest BCUT2D eigenvalue weighted by atomic mass is 32.1. The predicted molar refractivity (Wildman–Crippen MR) is 160 cm³/mol. The minimum atomic E-state index is -0.384. The first-order valence-corrected chi connectivity index (χ1v) is 14.4. The molecule has 4 aromatic rings. The van der Waals surface area contributed by atoms with E-state index in [1.807, 2.05) is 17.8 Å². The average molecular weight is 619 g/mol. The monoisotopic (exact) mass is 618 g/mol. The van der Waals surface area contributed by atoms with Gasteiger partial charge in [-0.25, -0.2) is 28.3 Å². The number of hydrogen-bond donors (Lipinski definition) is 5. The summed E-state index contributed by atoms with van der Waals surface area (Å²) < 4.78 is 26.0. The number of halogens is 2. The predicted octanol–water partition coefficient (Wildman–Crippen LogP) is 4.92. The zero-order chi connectivity index (χ0) is 30.3. The lowest BCUT2D eigenvalue weighted by atomic mass is 10.2. The third kappa shape index (κ3) is 11.8. The molecule has 0 unspecified atom stereocenters. The Labute approximate surface area is 250 Å². The molecule has 0 aliphatic carbocycles. The van der Waals surface area contributed by atoms with Crippen LogP contribution >= 0.6 is 22.7 Å². The number of aromatic nitrogens is 2. The highest BCUT2D eigenvalue weighted by molar-refractivity contribution is 7.14. The Morgan fingerprint density at radius 3 is 1.81 bits per heavy atom. The lowest BCUT2D eigenvalue weighted by Crippen LogP contribution is -2.28. The van der Waals surface area contributed by atoms with Gasteiger partial charge in [0.05, 0.1) is 25.0 Å². The number of rotatable bonds is 11. The molecule has 0 saturated carbocycles. The number of amides is 4. The summed E-state index contributed by atoms with van der Waals surface area (Å²) in [7, 11) is 5.20. The average Bonchev–Trinajstić information content (AvgIpc) is 3.60. The molecule has 0 fully saturated rings. The molecule has 0 aliphatic heterocycles. The van der Waals surface area contributed by atoms with Gasteiger partial charge in [0.2, 0.25) is 0 Å². The molecule has 2 aromatic carbocycles. The number of carbonyl (C=O) groups is 2. The molecule has 42 heavy (non-hydrogen) atoms. The summed E-state index contributed by atoms with van der Waals surface area (Å²) in [6, 6.07) is 11.4. The fourth-order valence-corrected chi connectivity index (χ4v) is 4.70. The van der Waals surface area contributed by atoms with Crippen LogP contribution in [0.1, 0.15) is 22.5 Å². The van der Waals surface area contributed by atoms with Crippen molar-refractivity contribution in [1.29, 1.82) is 0 Å². The first-order valence-electron chi connectivity index (χ1n) is 12.6. The maximum absolute atomic E-state index is 13.0. The molecule has 2 aromatic heterocycles. The summed E-state index contributed by atoms with van der Waals surface area (Å²) in [4.78, 5) is 37.0. The largest absolute Gasteiger partial charge is 0.334 e. The molecule has 5 N–H and O–H groups in total. The molecule has 0 atom stereocenters. The molecular weight excluding hydrogens is 586 g/mol. The SMILES string of the molecule is CNCc1csc(NC(=O)NCc2cccc(F)c2)n1.CON(C)Cc1csc(NC(=O)NCc2cccc(F)c2)n1. The van der Waals surface area contributed by atoms with Gasteiger partial charge in [-0.1, -0.05) is 24.3 Å². The molecule has 15 heteroatoms. The number of hydroxylamine groups is 2. The van der Waals surface area contributed by atoms with Crippen LogP contribution in [0.15, 0.2) is 59.3 Å². The molecule has 0 aliphatic rings. The van der Waals surface area contributed by atoms with Gasteiger partial charge in [0.25, 0.3) is 0 Å². The number of anilines is 2. The first-order chi connectivity index (χ1) is 20.2. The van der Waals surface area contributed by atoms with Crippen molar-refractivity contribution in [3.8, 4) is 0 Å². The van der Waals surface area contributed by atoms with Crippen LogP contribution in [0.2, 0.25) is 0 Å². The minimum absolute atomic E-state index is 0.244. The van der Waals surface area contributed by atoms with E-state index in [-0.39, 0.29) is 36.8 Å². The second-order valence-electron chi connectivity index (χ2n) is 8.66. The molecule has 0 spiro atoms. The highest BCUT2D eigenvalue weighted by Crippen LogP contribution is 2.17. The number of thiazole rings is 2. The topological polar surface area (TPSA) is 133 Å². The van der Waals surface area contributed by atoms with Gasteiger partial charge in [-0.15, -0.1) is 22.7 Å². The van der Waals surface area contributed by atoms with Gasteiger partial charge in [-0.2, -0.15) is 5.06 Å². The maximum atomic E-state index is 13.0. The molecule has 0 bridgehead atoms. The Balaban J connectivity index is 0.000000231. The van der Waals surface area contributed by atoms with Gasteiger partial charge in [0, 0.05) is 37.4 Å². The fraction of sp³-hybridized carbons (Fsp3) is 0.259. The van der Waals surface area contributed by atoms with Crippen LogP contribution in [-0.2, 0) is 31.0 Å². The number of hydrogen-bond acceptors (Lipinski definition) is 9. The number of urea groups is 2. The van der Waals surface area contributed by atoms with Gasteiger partial charge in [-0.05, 0) is 42.4 Å². The summed E-state index contributed by atoms with van der Waals surface area (Å²) in [6.45, 7) is 1.69. The molecule has 4 amide bonds. The van der Waals surface area contributed by atoms with Crippen molar-refractivity contribution < 1.29 is 23.2 Å². The molecule has 11 nitrogen and oxygen atoms in total. The van der Waals surface area contributed by atoms with Crippen molar-refractivity contribution in [2.75, 3.05) is 31.8 Å². The van der Waals surface area contributed by atoms with Gasteiger partial charge in [-0.3, -0.25) is 10.6 Å². The maximum Gasteiger partial charge on any atom is 0.321 e. The molecule has 224 valence electrons. The Kier molecular flexibility index (Phi) is 13.2. The third-order valence-corrected chi connectivity index (χ3v) is 6.90. The van der Waals surface area contributed by atoms with Crippen LogP contribution in [0.4, 0.5) is 28.6 Å². The van der Waals surface area contributed by atoms with Gasteiger partial charge < -0.3 is 20.8 Å². The summed E-state index contributed by atoms with van der Waals surface area (Å²) >= 11 is 2.69. The van der Waals surface area contributed by atoms with Crippen molar-refractivity contribution in [2.45, 2.75) is 26.2 Å². The summed E-state index contributed by atoms with van der Waals surface area (Å²) in [6.07, 6.45) is 0. The van der Waals surface area contributed by atoms with Crippen LogP contribution in [0.3, 0.4) is 0 Å². The molecule has 0 radical (unpaired) electrons. The van der Waals surface area contributed by atoms with Crippen molar-refractivity contribution in [1.82, 2.24) is 31.0 Å². The van der Waals surface area contributed by atoms with E-state index in [1.54, 1.807) is 43.5 Å². The summed E-state index contributed by atoms with van der Waals surface area (Å²) in [5.74, 6) is -0.645. The van der Waals surface area contributed by atoms with Gasteiger partial charge in [0.1, 0.15) is 11.6 Å². The Morgan fingerprint density at radius 2 is 1.33 bits per heavy atom. The van der Waals surface area contributed by atoms with Crippen molar-refractivity contribution >= 4 is 45.0 Å². The van der Waals surface area contributed by atoms with Crippen molar-refractivity contribution in [2.24, 2.45) is 0 Å². The Hall–Kier alpha value is -4.02. The van der Waals surface area contributed by atoms with Crippen molar-refractivity contribution in [3.05, 3.63) is 93.4 Å². The van der Waals surface area contributed by atoms with Crippen LogP contribution in [0.5, 0.6) is 0 Å². The zero-order valence-corrected chi connectivity index (χ0v) is 24.9. The van der Waals surface area contributed by atoms with E-state index in [0.717, 1.165) is 11.4 Å². The summed E-state index contributed by atoms with van der Waals surface area (Å²) in [5.41, 5.74) is 3.07. The van der Waals surface area contributed by atoms with Crippen molar-refractivity contribution in [3.63, 3.8) is 0 Å². The van der Waals surface area contributed by atoms with Gasteiger partial charge in [0.15, 0.2) is 10.3 Å². The lowest BCUT2D eigenvalue weighted by molar-refractivity contribution is -0.117. The smallest absolute Gasteiger partial charge is 0.321 e. The number of carbonyl (C=O) groups excluding carboxylic acids is 2. The second kappa shape index (κ2) is 17.1. The third-order valence-electron chi connectivity index (χ3n) is 5.28. The van der Waals surface area contributed by atoms with E-state index in [4.69, 9.17) is 4.84 Å². The van der Waals surface area contributed by atoms with Crippen LogP contribution < -0.4 is 26.6 Å². The summed E-state index contributed by atoms with van der Waals surface area (Å²) in [5, 5.41) is 19.9. The quantitative estimate of drug-likeness (QED) is 0.151. The van der Waals surface area contributed by atoms with E-state index in [1.165, 1.54) is 46.9 Å². The fourth-order valence-electron chi connectivity index (χ4n) is 3.30. The normalized spacial score (nSPS) is 10.5. The standard InChI is InChI=1S/C14H17FN4O2S.C13H15FN4OS/c1-19(21-2)8-12-9-22-14(17-12)18-13(20)16-7-10-4-3-5-11(15)6-10;1-15-7-11-8-20-13(17-11)18-12(19)16-6-9-3-2-4-10(14)5-9/h3-6,9H,7-8H2,1-2H3,(H2,16,17,18,20);2-5,8,15H,6-7H2,1H3,(H2,16,17,18,19). The molecule has 4 rings (SSSR count). The number of nitrogens with zero attached hydrogens (tertiary/aromatic N) is 3. The first kappa shape index (κ1) is 32.5. The van der Waals surface area contributed by atoms with E-state index < -0.39 is 0 Å². The Bertz CT molecular complexity index is 1440. The van der Waals surface area contributed by atoms with E-state index in [0.29, 0.717) is 34.5 Å². The van der Waals surface area contributed by atoms with Gasteiger partial charge >= 0.3 is 12.1 Å². The highest BCUT2D eigenvalue weighted by Gasteiger charge is 2.09. The molecule has 2 heterocycles. The van der Waals surface area contributed by atoms with Crippen LogP contribution in [0.25, 0.3) is 0 Å². The van der Waals surface area contributed by atoms with Crippen LogP contribution in [-0.4, -0.2) is 48.3 Å². The molecular formula is C27H32F2N8O3S2. The lowest BCUT2D eigenvalue weighted by Gasteiger charge is -2.10. The number of benzene rings is 2. The second-order valence-corrected chi connectivity index (χ2v) is 10.4. The minimum Gasteiger partial charge on any atom is -0.334 e.